The fraction of sp³-hybridized carbons (Fsp3) is 0.125. The number of halogens is 1. The second kappa shape index (κ2) is 2.93. The number of nitrogens with zero attached hydrogens (tertiary/aromatic N) is 4. The molecule has 0 aromatic carbocycles. The molecule has 2 heterocycles. The lowest BCUT2D eigenvalue weighted by Gasteiger charge is -2.02. The number of hydrogen-bond donors (Lipinski definition) is 0. The number of imidazole rings is 1. The Hall–Kier alpha value is -1.78. The molecular formula is C8H7FN4. The third-order valence-corrected chi connectivity index (χ3v) is 1.69. The zero-order chi connectivity index (χ0) is 9.26. The van der Waals surface area contributed by atoms with Crippen molar-refractivity contribution in [2.75, 3.05) is 0 Å². The first-order chi connectivity index (χ1) is 6.29. The van der Waals surface area contributed by atoms with E-state index in [4.69, 9.17) is 0 Å². The summed E-state index contributed by atoms with van der Waals surface area (Å²) < 4.78 is 14.9. The number of aromatic nitrogens is 4. The molecule has 4 nitrogen and oxygen atoms in total. The van der Waals surface area contributed by atoms with Crippen LogP contribution in [-0.2, 0) is 0 Å². The summed E-state index contributed by atoms with van der Waals surface area (Å²) in [6.45, 7) is 1.59. The highest BCUT2D eigenvalue weighted by Crippen LogP contribution is 2.10. The van der Waals surface area contributed by atoms with E-state index in [1.165, 1.54) is 17.2 Å². The summed E-state index contributed by atoms with van der Waals surface area (Å²) in [5.74, 6) is -0.189. The highest BCUT2D eigenvalue weighted by atomic mass is 19.1. The Kier molecular flexibility index (Phi) is 1.77. The molecule has 0 radical (unpaired) electrons. The third-order valence-electron chi connectivity index (χ3n) is 1.69. The summed E-state index contributed by atoms with van der Waals surface area (Å²) in [5.41, 5.74) is 0.332. The maximum Gasteiger partial charge on any atom is 0.187 e. The van der Waals surface area contributed by atoms with E-state index in [1.54, 1.807) is 19.3 Å². The molecule has 2 rings (SSSR count). The van der Waals surface area contributed by atoms with E-state index in [2.05, 4.69) is 15.0 Å². The molecule has 0 fully saturated rings. The fourth-order valence-corrected chi connectivity index (χ4v) is 1.01. The Labute approximate surface area is 74.1 Å². The molecule has 0 amide bonds. The smallest absolute Gasteiger partial charge is 0.187 e. The van der Waals surface area contributed by atoms with Crippen molar-refractivity contribution >= 4 is 0 Å². The predicted molar refractivity (Wildman–Crippen MR) is 43.8 cm³/mol. The zero-order valence-electron chi connectivity index (χ0n) is 6.98. The zero-order valence-corrected chi connectivity index (χ0v) is 6.98. The first-order valence-corrected chi connectivity index (χ1v) is 3.74. The van der Waals surface area contributed by atoms with Crippen LogP contribution in [0.1, 0.15) is 5.69 Å². The van der Waals surface area contributed by atoms with Gasteiger partial charge in [0.05, 0.1) is 5.69 Å². The molecule has 0 aliphatic rings. The first-order valence-electron chi connectivity index (χ1n) is 3.74. The molecule has 0 bridgehead atoms. The monoisotopic (exact) mass is 178 g/mol. The van der Waals surface area contributed by atoms with Crippen LogP contribution in [0.2, 0.25) is 0 Å². The van der Waals surface area contributed by atoms with Gasteiger partial charge in [-0.2, -0.15) is 0 Å². The molecule has 0 saturated heterocycles. The van der Waals surface area contributed by atoms with Gasteiger partial charge in [-0.25, -0.2) is 19.3 Å². The van der Waals surface area contributed by atoms with Crippen LogP contribution in [0, 0.1) is 12.7 Å². The number of aryl methyl sites for hydroxylation is 1. The van der Waals surface area contributed by atoms with Gasteiger partial charge in [-0.05, 0) is 6.92 Å². The molecule has 0 unspecified atom stereocenters. The van der Waals surface area contributed by atoms with Gasteiger partial charge in [0.1, 0.15) is 12.7 Å². The second-order valence-electron chi connectivity index (χ2n) is 2.57. The van der Waals surface area contributed by atoms with Crippen molar-refractivity contribution in [3.63, 3.8) is 0 Å². The highest BCUT2D eigenvalue weighted by Gasteiger charge is 2.08. The van der Waals surface area contributed by atoms with Crippen molar-refractivity contribution in [3.05, 3.63) is 36.6 Å². The lowest BCUT2D eigenvalue weighted by Crippen LogP contribution is -2.02. The van der Waals surface area contributed by atoms with Crippen molar-refractivity contribution < 1.29 is 4.39 Å². The molecule has 0 aliphatic heterocycles. The maximum atomic E-state index is 13.4. The summed E-state index contributed by atoms with van der Waals surface area (Å²) >= 11 is 0. The largest absolute Gasteiger partial charge is 0.288 e. The van der Waals surface area contributed by atoms with Crippen LogP contribution in [-0.4, -0.2) is 19.5 Å². The third kappa shape index (κ3) is 1.28. The maximum absolute atomic E-state index is 13.4. The average Bonchev–Trinajstić information content (AvgIpc) is 2.62. The normalized spacial score (nSPS) is 10.3. The number of hydrogen-bond acceptors (Lipinski definition) is 3. The van der Waals surface area contributed by atoms with Gasteiger partial charge in [0, 0.05) is 12.4 Å². The van der Waals surface area contributed by atoms with Crippen molar-refractivity contribution in [2.45, 2.75) is 6.92 Å². The fourth-order valence-electron chi connectivity index (χ4n) is 1.01. The minimum Gasteiger partial charge on any atom is -0.288 e. The Morgan fingerprint density at radius 1 is 1.38 bits per heavy atom. The van der Waals surface area contributed by atoms with Crippen LogP contribution in [0.15, 0.2) is 25.0 Å². The molecule has 2 aromatic rings. The van der Waals surface area contributed by atoms with Gasteiger partial charge in [0.15, 0.2) is 11.6 Å². The summed E-state index contributed by atoms with van der Waals surface area (Å²) in [4.78, 5) is 11.4. The van der Waals surface area contributed by atoms with E-state index in [0.29, 0.717) is 5.69 Å². The van der Waals surface area contributed by atoms with E-state index in [0.717, 1.165) is 0 Å². The molecule has 5 heteroatoms. The summed E-state index contributed by atoms with van der Waals surface area (Å²) in [7, 11) is 0. The van der Waals surface area contributed by atoms with Crippen molar-refractivity contribution in [1.82, 2.24) is 19.5 Å². The minimum absolute atomic E-state index is 0.227. The van der Waals surface area contributed by atoms with Gasteiger partial charge in [0.2, 0.25) is 0 Å². The van der Waals surface area contributed by atoms with Gasteiger partial charge < -0.3 is 0 Å². The molecule has 0 aliphatic carbocycles. The molecule has 2 aromatic heterocycles. The average molecular weight is 178 g/mol. The summed E-state index contributed by atoms with van der Waals surface area (Å²) in [6.07, 6.45) is 6.01. The Morgan fingerprint density at radius 3 is 2.92 bits per heavy atom. The summed E-state index contributed by atoms with van der Waals surface area (Å²) in [6, 6.07) is 0. The minimum atomic E-state index is -0.416. The molecule has 0 saturated carbocycles. The highest BCUT2D eigenvalue weighted by molar-refractivity contribution is 5.25. The van der Waals surface area contributed by atoms with E-state index < -0.39 is 5.82 Å². The molecule has 0 atom stereocenters. The van der Waals surface area contributed by atoms with Crippen LogP contribution in [0.5, 0.6) is 0 Å². The van der Waals surface area contributed by atoms with Crippen LogP contribution in [0.25, 0.3) is 5.82 Å². The van der Waals surface area contributed by atoms with Crippen LogP contribution < -0.4 is 0 Å². The Bertz CT molecular complexity index is 410. The predicted octanol–water partition coefficient (Wildman–Crippen LogP) is 1.11. The lowest BCUT2D eigenvalue weighted by atomic mass is 10.4. The van der Waals surface area contributed by atoms with Crippen LogP contribution in [0.3, 0.4) is 0 Å². The quantitative estimate of drug-likeness (QED) is 0.657. The van der Waals surface area contributed by atoms with Crippen molar-refractivity contribution in [2.24, 2.45) is 0 Å². The van der Waals surface area contributed by atoms with E-state index in [1.807, 2.05) is 0 Å². The SMILES string of the molecule is Cc1ncnc(-n2ccnc2)c1F. The van der Waals surface area contributed by atoms with Gasteiger partial charge in [-0.3, -0.25) is 4.57 Å². The van der Waals surface area contributed by atoms with Crippen LogP contribution in [0.4, 0.5) is 4.39 Å². The first kappa shape index (κ1) is 7.85. The summed E-state index contributed by atoms with van der Waals surface area (Å²) in [5, 5.41) is 0. The van der Waals surface area contributed by atoms with Gasteiger partial charge >= 0.3 is 0 Å². The van der Waals surface area contributed by atoms with Gasteiger partial charge in [0.25, 0.3) is 0 Å². The van der Waals surface area contributed by atoms with E-state index in [-0.39, 0.29) is 5.82 Å². The van der Waals surface area contributed by atoms with Crippen LogP contribution >= 0.6 is 0 Å². The Balaban J connectivity index is 2.59. The molecule has 0 spiro atoms. The molecule has 0 N–H and O–H groups in total. The molecule has 66 valence electrons. The standard InChI is InChI=1S/C8H7FN4/c1-6-7(9)8(12-4-11-6)13-3-2-10-5-13/h2-5H,1H3. The van der Waals surface area contributed by atoms with Gasteiger partial charge in [-0.15, -0.1) is 0 Å². The molecular weight excluding hydrogens is 171 g/mol. The van der Waals surface area contributed by atoms with E-state index >= 15 is 0 Å². The van der Waals surface area contributed by atoms with Gasteiger partial charge in [-0.1, -0.05) is 0 Å². The van der Waals surface area contributed by atoms with Crippen molar-refractivity contribution in [1.29, 1.82) is 0 Å². The second-order valence-corrected chi connectivity index (χ2v) is 2.57. The lowest BCUT2D eigenvalue weighted by molar-refractivity contribution is 0.589. The Morgan fingerprint density at radius 2 is 2.23 bits per heavy atom. The van der Waals surface area contributed by atoms with Crippen molar-refractivity contribution in [3.8, 4) is 5.82 Å². The molecule has 13 heavy (non-hydrogen) atoms. The number of rotatable bonds is 1. The van der Waals surface area contributed by atoms with E-state index in [9.17, 15) is 4.39 Å². The topological polar surface area (TPSA) is 43.6 Å².